The molecule has 34 heavy (non-hydrogen) atoms. The molecule has 0 saturated heterocycles. The lowest BCUT2D eigenvalue weighted by Gasteiger charge is -2.10. The van der Waals surface area contributed by atoms with Crippen LogP contribution < -0.4 is 16.0 Å². The number of para-hydroxylation sites is 1. The Bertz CT molecular complexity index is 1380. The lowest BCUT2D eigenvalue weighted by atomic mass is 10.1. The molecule has 0 aliphatic rings. The molecule has 0 aliphatic carbocycles. The monoisotopic (exact) mass is 492 g/mol. The van der Waals surface area contributed by atoms with E-state index in [9.17, 15) is 19.7 Å². The van der Waals surface area contributed by atoms with Crippen LogP contribution in [0.5, 0.6) is 0 Å². The molecule has 0 aliphatic heterocycles. The molecule has 0 saturated carbocycles. The van der Waals surface area contributed by atoms with E-state index in [2.05, 4.69) is 16.0 Å². The van der Waals surface area contributed by atoms with Crippen molar-refractivity contribution in [3.63, 3.8) is 0 Å². The van der Waals surface area contributed by atoms with Gasteiger partial charge in [0.05, 0.1) is 15.4 Å². The Morgan fingerprint density at radius 3 is 2.41 bits per heavy atom. The van der Waals surface area contributed by atoms with Crippen LogP contribution in [0.15, 0.2) is 82.6 Å². The molecule has 0 atom stereocenters. The van der Waals surface area contributed by atoms with Gasteiger partial charge in [0, 0.05) is 17.4 Å². The zero-order valence-corrected chi connectivity index (χ0v) is 18.9. The Morgan fingerprint density at radius 2 is 1.68 bits per heavy atom. The van der Waals surface area contributed by atoms with Gasteiger partial charge in [-0.05, 0) is 60.1 Å². The average Bonchev–Trinajstić information content (AvgIpc) is 3.52. The first-order valence-corrected chi connectivity index (χ1v) is 11.1. The molecule has 0 unspecified atom stereocenters. The number of hydrogen-bond acceptors (Lipinski definition) is 7. The number of carbonyl (C=O) groups is 2. The standard InChI is InChI=1S/C23H16N4O5S2/c28-21(19-11-10-18(32-19)16-7-1-2-8-17(16)27(30)31)26-23(33)25-15-6-3-5-14(13-15)24-22(29)20-9-4-12-34-20/h1-13H,(H,24,29)(H2,25,26,28,33). The number of nitrogens with one attached hydrogen (secondary N) is 3. The average molecular weight is 493 g/mol. The van der Waals surface area contributed by atoms with Crippen LogP contribution in [-0.4, -0.2) is 21.9 Å². The number of thiocarbonyl (C=S) groups is 1. The third kappa shape index (κ3) is 5.34. The lowest BCUT2D eigenvalue weighted by molar-refractivity contribution is -0.384. The number of hydrogen-bond donors (Lipinski definition) is 3. The van der Waals surface area contributed by atoms with Gasteiger partial charge in [-0.3, -0.25) is 25.0 Å². The van der Waals surface area contributed by atoms with Crippen LogP contribution in [0.2, 0.25) is 0 Å². The molecule has 0 fully saturated rings. The van der Waals surface area contributed by atoms with Gasteiger partial charge in [-0.25, -0.2) is 0 Å². The number of thiophene rings is 1. The first-order valence-electron chi connectivity index (χ1n) is 9.81. The second-order valence-corrected chi connectivity index (χ2v) is 8.21. The first-order chi connectivity index (χ1) is 16.4. The topological polar surface area (TPSA) is 127 Å². The summed E-state index contributed by atoms with van der Waals surface area (Å²) >= 11 is 6.54. The van der Waals surface area contributed by atoms with Gasteiger partial charge in [0.1, 0.15) is 5.76 Å². The highest BCUT2D eigenvalue weighted by atomic mass is 32.1. The van der Waals surface area contributed by atoms with Crippen LogP contribution in [0, 0.1) is 10.1 Å². The number of furan rings is 1. The molecule has 0 spiro atoms. The lowest BCUT2D eigenvalue weighted by Crippen LogP contribution is -2.33. The Labute approximate surface area is 202 Å². The van der Waals surface area contributed by atoms with Crippen LogP contribution in [0.4, 0.5) is 17.1 Å². The van der Waals surface area contributed by atoms with Gasteiger partial charge in [0.15, 0.2) is 10.9 Å². The van der Waals surface area contributed by atoms with E-state index in [-0.39, 0.29) is 33.8 Å². The second kappa shape index (κ2) is 10.1. The number of benzene rings is 2. The van der Waals surface area contributed by atoms with Crippen molar-refractivity contribution in [1.29, 1.82) is 0 Å². The smallest absolute Gasteiger partial charge is 0.293 e. The van der Waals surface area contributed by atoms with Crippen molar-refractivity contribution in [1.82, 2.24) is 5.32 Å². The summed E-state index contributed by atoms with van der Waals surface area (Å²) in [6.07, 6.45) is 0. The summed E-state index contributed by atoms with van der Waals surface area (Å²) in [5.41, 5.74) is 1.23. The summed E-state index contributed by atoms with van der Waals surface area (Å²) in [7, 11) is 0. The second-order valence-electron chi connectivity index (χ2n) is 6.86. The van der Waals surface area contributed by atoms with Crippen molar-refractivity contribution >= 4 is 57.5 Å². The predicted octanol–water partition coefficient (Wildman–Crippen LogP) is 5.30. The SMILES string of the molecule is O=C(NC(=S)Nc1cccc(NC(=O)c2cccs2)c1)c1ccc(-c2ccccc2[N+](=O)[O-])o1. The molecule has 11 heteroatoms. The molecule has 2 heterocycles. The highest BCUT2D eigenvalue weighted by Gasteiger charge is 2.19. The fourth-order valence-corrected chi connectivity index (χ4v) is 3.88. The molecule has 0 radical (unpaired) electrons. The van der Waals surface area contributed by atoms with Gasteiger partial charge in [-0.2, -0.15) is 0 Å². The van der Waals surface area contributed by atoms with Crippen LogP contribution >= 0.6 is 23.6 Å². The van der Waals surface area contributed by atoms with E-state index in [1.807, 2.05) is 5.38 Å². The van der Waals surface area contributed by atoms with E-state index in [1.54, 1.807) is 48.5 Å². The summed E-state index contributed by atoms with van der Waals surface area (Å²) in [5, 5.41) is 21.2. The fourth-order valence-electron chi connectivity index (χ4n) is 3.05. The molecule has 2 amide bonds. The third-order valence-electron chi connectivity index (χ3n) is 4.55. The summed E-state index contributed by atoms with van der Waals surface area (Å²) in [5.74, 6) is -0.723. The van der Waals surface area contributed by atoms with Gasteiger partial charge >= 0.3 is 0 Å². The molecule has 2 aromatic carbocycles. The minimum atomic E-state index is -0.621. The molecular formula is C23H16N4O5S2. The normalized spacial score (nSPS) is 10.4. The number of nitrogens with zero attached hydrogens (tertiary/aromatic N) is 1. The van der Waals surface area contributed by atoms with E-state index in [4.69, 9.17) is 16.6 Å². The van der Waals surface area contributed by atoms with E-state index >= 15 is 0 Å². The Morgan fingerprint density at radius 1 is 0.912 bits per heavy atom. The van der Waals surface area contributed by atoms with Crippen molar-refractivity contribution < 1.29 is 18.9 Å². The maximum Gasteiger partial charge on any atom is 0.293 e. The van der Waals surface area contributed by atoms with Crippen molar-refractivity contribution in [2.75, 3.05) is 10.6 Å². The van der Waals surface area contributed by atoms with Crippen LogP contribution in [0.25, 0.3) is 11.3 Å². The van der Waals surface area contributed by atoms with Crippen molar-refractivity contribution in [3.8, 4) is 11.3 Å². The molecule has 9 nitrogen and oxygen atoms in total. The van der Waals surface area contributed by atoms with Gasteiger partial charge in [0.2, 0.25) is 0 Å². The van der Waals surface area contributed by atoms with E-state index in [1.165, 1.54) is 35.6 Å². The van der Waals surface area contributed by atoms with Crippen LogP contribution in [-0.2, 0) is 0 Å². The minimum Gasteiger partial charge on any atom is -0.451 e. The van der Waals surface area contributed by atoms with Crippen LogP contribution in [0.1, 0.15) is 20.2 Å². The highest BCUT2D eigenvalue weighted by Crippen LogP contribution is 2.30. The van der Waals surface area contributed by atoms with Gasteiger partial charge in [-0.15, -0.1) is 11.3 Å². The molecule has 3 N–H and O–H groups in total. The largest absolute Gasteiger partial charge is 0.451 e. The Hall–Kier alpha value is -4.35. The van der Waals surface area contributed by atoms with E-state index < -0.39 is 10.8 Å². The molecule has 2 aromatic heterocycles. The summed E-state index contributed by atoms with van der Waals surface area (Å²) in [4.78, 5) is 36.0. The number of nitro benzene ring substituents is 1. The predicted molar refractivity (Wildman–Crippen MR) is 133 cm³/mol. The highest BCUT2D eigenvalue weighted by molar-refractivity contribution is 7.80. The third-order valence-corrected chi connectivity index (χ3v) is 5.62. The number of anilines is 2. The molecule has 4 rings (SSSR count). The number of rotatable bonds is 6. The van der Waals surface area contributed by atoms with Gasteiger partial charge in [0.25, 0.3) is 17.5 Å². The Balaban J connectivity index is 1.39. The van der Waals surface area contributed by atoms with Gasteiger partial charge < -0.3 is 15.1 Å². The molecule has 4 aromatic rings. The van der Waals surface area contributed by atoms with Gasteiger partial charge in [-0.1, -0.05) is 24.3 Å². The van der Waals surface area contributed by atoms with E-state index in [0.717, 1.165) is 0 Å². The molecular weight excluding hydrogens is 476 g/mol. The minimum absolute atomic E-state index is 0.00961. The quantitative estimate of drug-likeness (QED) is 0.189. The summed E-state index contributed by atoms with van der Waals surface area (Å²) in [6.45, 7) is 0. The maximum atomic E-state index is 12.5. The zero-order valence-electron chi connectivity index (χ0n) is 17.3. The number of amides is 2. The summed E-state index contributed by atoms with van der Waals surface area (Å²) in [6, 6.07) is 19.3. The van der Waals surface area contributed by atoms with E-state index in [0.29, 0.717) is 16.3 Å². The Kier molecular flexibility index (Phi) is 6.76. The van der Waals surface area contributed by atoms with Crippen molar-refractivity contribution in [3.05, 3.63) is 98.9 Å². The molecule has 0 bridgehead atoms. The maximum absolute atomic E-state index is 12.5. The van der Waals surface area contributed by atoms with Crippen molar-refractivity contribution in [2.45, 2.75) is 0 Å². The van der Waals surface area contributed by atoms with Crippen LogP contribution in [0.3, 0.4) is 0 Å². The summed E-state index contributed by atoms with van der Waals surface area (Å²) < 4.78 is 5.52. The zero-order chi connectivity index (χ0) is 24.1. The molecule has 170 valence electrons. The first kappa shape index (κ1) is 22.8. The number of nitro groups is 1. The fraction of sp³-hybridized carbons (Fsp3) is 0. The number of carbonyl (C=O) groups excluding carboxylic acids is 2. The van der Waals surface area contributed by atoms with Crippen molar-refractivity contribution in [2.24, 2.45) is 0 Å².